The van der Waals surface area contributed by atoms with Crippen LogP contribution in [0, 0.1) is 18.7 Å². The molecule has 0 aliphatic rings. The molecule has 144 valence electrons. The summed E-state index contributed by atoms with van der Waals surface area (Å²) in [6.07, 6.45) is 0. The van der Waals surface area contributed by atoms with Crippen LogP contribution in [0.15, 0.2) is 48.5 Å². The number of hydrogen-bond acceptors (Lipinski definition) is 2. The zero-order valence-electron chi connectivity index (χ0n) is 16.3. The first-order valence-electron chi connectivity index (χ1n) is 9.16. The molecule has 2 rings (SSSR count). The van der Waals surface area contributed by atoms with Gasteiger partial charge in [-0.3, -0.25) is 9.59 Å². The van der Waals surface area contributed by atoms with E-state index in [1.165, 1.54) is 12.1 Å². The zero-order valence-corrected chi connectivity index (χ0v) is 16.3. The third-order valence-electron chi connectivity index (χ3n) is 4.48. The van der Waals surface area contributed by atoms with E-state index in [0.717, 1.165) is 16.7 Å². The molecule has 0 saturated carbocycles. The Balaban J connectivity index is 2.08. The van der Waals surface area contributed by atoms with Crippen LogP contribution in [0.5, 0.6) is 0 Å². The number of aryl methyl sites for hydroxylation is 1. The van der Waals surface area contributed by atoms with Crippen molar-refractivity contribution in [1.82, 2.24) is 10.2 Å². The van der Waals surface area contributed by atoms with Crippen LogP contribution in [-0.2, 0) is 22.7 Å². The maximum atomic E-state index is 13.1. The Kier molecular flexibility index (Phi) is 7.11. The second-order valence-corrected chi connectivity index (χ2v) is 7.13. The van der Waals surface area contributed by atoms with E-state index in [9.17, 15) is 14.0 Å². The van der Waals surface area contributed by atoms with E-state index in [-0.39, 0.29) is 30.1 Å². The van der Waals surface area contributed by atoms with Crippen LogP contribution in [0.1, 0.15) is 37.5 Å². The predicted molar refractivity (Wildman–Crippen MR) is 104 cm³/mol. The molecule has 0 saturated heterocycles. The van der Waals surface area contributed by atoms with Gasteiger partial charge in [0.15, 0.2) is 0 Å². The molecule has 0 unspecified atom stereocenters. The fourth-order valence-corrected chi connectivity index (χ4v) is 2.71. The lowest BCUT2D eigenvalue weighted by atomic mass is 10.1. The van der Waals surface area contributed by atoms with E-state index in [2.05, 4.69) is 5.32 Å². The van der Waals surface area contributed by atoms with Crippen LogP contribution in [0.25, 0.3) is 0 Å². The molecule has 27 heavy (non-hydrogen) atoms. The highest BCUT2D eigenvalue weighted by molar-refractivity contribution is 5.88. The minimum atomic E-state index is -0.629. The van der Waals surface area contributed by atoms with E-state index in [4.69, 9.17) is 0 Å². The summed E-state index contributed by atoms with van der Waals surface area (Å²) in [7, 11) is 0. The second-order valence-electron chi connectivity index (χ2n) is 7.13. The van der Waals surface area contributed by atoms with Gasteiger partial charge < -0.3 is 10.2 Å². The summed E-state index contributed by atoms with van der Waals surface area (Å²) in [4.78, 5) is 26.8. The Labute approximate surface area is 160 Å². The zero-order chi connectivity index (χ0) is 20.0. The summed E-state index contributed by atoms with van der Waals surface area (Å²) in [5, 5.41) is 2.89. The molecule has 5 heteroatoms. The van der Waals surface area contributed by atoms with E-state index in [1.54, 1.807) is 37.8 Å². The van der Waals surface area contributed by atoms with Gasteiger partial charge in [0.2, 0.25) is 11.8 Å². The van der Waals surface area contributed by atoms with Gasteiger partial charge in [0.25, 0.3) is 0 Å². The fourth-order valence-electron chi connectivity index (χ4n) is 2.71. The fraction of sp³-hybridized carbons (Fsp3) is 0.364. The van der Waals surface area contributed by atoms with Gasteiger partial charge >= 0.3 is 0 Å². The first kappa shape index (κ1) is 20.6. The van der Waals surface area contributed by atoms with Crippen molar-refractivity contribution in [2.75, 3.05) is 0 Å². The van der Waals surface area contributed by atoms with Gasteiger partial charge in [0.05, 0.1) is 0 Å². The monoisotopic (exact) mass is 370 g/mol. The number of carbonyl (C=O) groups excluding carboxylic acids is 2. The van der Waals surface area contributed by atoms with Crippen molar-refractivity contribution in [2.24, 2.45) is 5.92 Å². The minimum Gasteiger partial charge on any atom is -0.350 e. The van der Waals surface area contributed by atoms with E-state index >= 15 is 0 Å². The number of nitrogens with one attached hydrogen (secondary N) is 1. The second kappa shape index (κ2) is 9.31. The maximum Gasteiger partial charge on any atom is 0.242 e. The summed E-state index contributed by atoms with van der Waals surface area (Å²) in [5.41, 5.74) is 2.94. The van der Waals surface area contributed by atoms with Crippen LogP contribution in [0.2, 0.25) is 0 Å². The van der Waals surface area contributed by atoms with Gasteiger partial charge in [0.1, 0.15) is 11.9 Å². The molecule has 2 aromatic carbocycles. The summed E-state index contributed by atoms with van der Waals surface area (Å²) in [6, 6.07) is 13.3. The highest BCUT2D eigenvalue weighted by Crippen LogP contribution is 2.14. The van der Waals surface area contributed by atoms with Crippen molar-refractivity contribution in [3.8, 4) is 0 Å². The summed E-state index contributed by atoms with van der Waals surface area (Å²) in [5.74, 6) is -0.897. The molecule has 0 radical (unpaired) electrons. The van der Waals surface area contributed by atoms with Crippen molar-refractivity contribution in [2.45, 2.75) is 46.8 Å². The summed E-state index contributed by atoms with van der Waals surface area (Å²) in [6.45, 7) is 8.00. The number of halogens is 1. The lowest BCUT2D eigenvalue weighted by Gasteiger charge is -2.30. The highest BCUT2D eigenvalue weighted by atomic mass is 19.1. The van der Waals surface area contributed by atoms with Crippen LogP contribution in [0.3, 0.4) is 0 Å². The maximum absolute atomic E-state index is 13.1. The molecule has 0 aliphatic carbocycles. The first-order valence-corrected chi connectivity index (χ1v) is 9.16. The average molecular weight is 370 g/mol. The smallest absolute Gasteiger partial charge is 0.242 e. The molecule has 0 heterocycles. The van der Waals surface area contributed by atoms with Gasteiger partial charge in [-0.2, -0.15) is 0 Å². The Morgan fingerprint density at radius 3 is 2.07 bits per heavy atom. The molecule has 2 aromatic rings. The van der Waals surface area contributed by atoms with Crippen molar-refractivity contribution in [1.29, 1.82) is 0 Å². The van der Waals surface area contributed by atoms with Crippen molar-refractivity contribution in [3.05, 3.63) is 71.0 Å². The van der Waals surface area contributed by atoms with Gasteiger partial charge in [-0.05, 0) is 37.1 Å². The minimum absolute atomic E-state index is 0.114. The molecule has 0 fully saturated rings. The molecule has 0 aliphatic heterocycles. The molecule has 2 amide bonds. The Morgan fingerprint density at radius 2 is 1.52 bits per heavy atom. The Morgan fingerprint density at radius 1 is 0.963 bits per heavy atom. The lowest BCUT2D eigenvalue weighted by Crippen LogP contribution is -2.48. The largest absolute Gasteiger partial charge is 0.350 e. The average Bonchev–Trinajstić information content (AvgIpc) is 2.65. The molecule has 0 bridgehead atoms. The van der Waals surface area contributed by atoms with Crippen molar-refractivity contribution >= 4 is 11.8 Å². The third kappa shape index (κ3) is 5.91. The Hall–Kier alpha value is -2.69. The van der Waals surface area contributed by atoms with Crippen molar-refractivity contribution < 1.29 is 14.0 Å². The molecule has 1 N–H and O–H groups in total. The number of rotatable bonds is 7. The molecular weight excluding hydrogens is 343 g/mol. The number of benzene rings is 2. The van der Waals surface area contributed by atoms with E-state index in [0.29, 0.717) is 6.54 Å². The number of carbonyl (C=O) groups is 2. The predicted octanol–water partition coefficient (Wildman–Crippen LogP) is 3.82. The molecule has 0 spiro atoms. The number of hydrogen-bond donors (Lipinski definition) is 1. The molecule has 0 aromatic heterocycles. The highest BCUT2D eigenvalue weighted by Gasteiger charge is 2.27. The van der Waals surface area contributed by atoms with Gasteiger partial charge in [-0.1, -0.05) is 55.8 Å². The topological polar surface area (TPSA) is 49.4 Å². The summed E-state index contributed by atoms with van der Waals surface area (Å²) >= 11 is 0. The molecule has 4 nitrogen and oxygen atoms in total. The van der Waals surface area contributed by atoms with Gasteiger partial charge in [-0.15, -0.1) is 0 Å². The van der Waals surface area contributed by atoms with Gasteiger partial charge in [-0.25, -0.2) is 4.39 Å². The number of amides is 2. The van der Waals surface area contributed by atoms with E-state index < -0.39 is 6.04 Å². The summed E-state index contributed by atoms with van der Waals surface area (Å²) < 4.78 is 13.1. The quantitative estimate of drug-likeness (QED) is 0.805. The molecular formula is C22H27FN2O2. The SMILES string of the molecule is Cc1ccc(CNC(=O)[C@@H](C)N(Cc2ccc(F)cc2)C(=O)C(C)C)cc1. The van der Waals surface area contributed by atoms with E-state index in [1.807, 2.05) is 31.2 Å². The van der Waals surface area contributed by atoms with Crippen LogP contribution >= 0.6 is 0 Å². The van der Waals surface area contributed by atoms with Crippen LogP contribution in [0.4, 0.5) is 4.39 Å². The third-order valence-corrected chi connectivity index (χ3v) is 4.48. The first-order chi connectivity index (χ1) is 12.8. The molecule has 1 atom stereocenters. The van der Waals surface area contributed by atoms with Gasteiger partial charge in [0, 0.05) is 19.0 Å². The standard InChI is InChI=1S/C22H27FN2O2/c1-15(2)22(27)25(14-19-9-11-20(23)12-10-19)17(4)21(26)24-13-18-7-5-16(3)6-8-18/h5-12,15,17H,13-14H2,1-4H3,(H,24,26)/t17-/m1/s1. The Bertz CT molecular complexity index is 770. The lowest BCUT2D eigenvalue weighted by molar-refractivity contribution is -0.143. The number of nitrogens with zero attached hydrogens (tertiary/aromatic N) is 1. The van der Waals surface area contributed by atoms with Crippen LogP contribution in [-0.4, -0.2) is 22.8 Å². The van der Waals surface area contributed by atoms with Crippen LogP contribution < -0.4 is 5.32 Å². The normalized spacial score (nSPS) is 11.9. The van der Waals surface area contributed by atoms with Crippen molar-refractivity contribution in [3.63, 3.8) is 0 Å².